The molecule has 0 aliphatic carbocycles. The Morgan fingerprint density at radius 3 is 2.32 bits per heavy atom. The molecule has 0 radical (unpaired) electrons. The number of aromatic nitrogens is 1. The van der Waals surface area contributed by atoms with Crippen LogP contribution in [0.5, 0.6) is 5.88 Å². The molecule has 0 saturated carbocycles. The van der Waals surface area contributed by atoms with E-state index in [9.17, 15) is 18.0 Å². The molecule has 31 heavy (non-hydrogen) atoms. The normalized spacial score (nSPS) is 10.8. The van der Waals surface area contributed by atoms with E-state index in [1.807, 2.05) is 0 Å². The van der Waals surface area contributed by atoms with Crippen LogP contribution in [-0.2, 0) is 6.54 Å². The summed E-state index contributed by atoms with van der Waals surface area (Å²) in [6.45, 7) is 1.50. The fraction of sp³-hybridized carbons (Fsp3) is 0.182. The highest BCUT2D eigenvalue weighted by atomic mass is 35.5. The molecule has 1 aromatic heterocycles. The molecular weight excluding hydrogens is 431 g/mol. The van der Waals surface area contributed by atoms with Gasteiger partial charge in [0.15, 0.2) is 0 Å². The number of anilines is 1. The second-order valence-electron chi connectivity index (χ2n) is 6.38. The van der Waals surface area contributed by atoms with Crippen LogP contribution in [-0.4, -0.2) is 23.8 Å². The molecule has 9 heteroatoms. The average Bonchev–Trinajstić information content (AvgIpc) is 2.72. The van der Waals surface area contributed by atoms with E-state index in [0.29, 0.717) is 10.5 Å². The van der Waals surface area contributed by atoms with Gasteiger partial charge in [-0.15, -0.1) is 12.4 Å². The number of nitrogens with zero attached hydrogens (tertiary/aromatic N) is 2. The number of amides is 1. The number of halogens is 4. The number of carbonyl (C=O) groups is 1. The number of benzene rings is 2. The van der Waals surface area contributed by atoms with E-state index in [4.69, 9.17) is 10.5 Å². The highest BCUT2D eigenvalue weighted by Crippen LogP contribution is 2.39. The monoisotopic (exact) mass is 451 g/mol. The van der Waals surface area contributed by atoms with Crippen molar-refractivity contribution in [1.82, 2.24) is 4.98 Å². The molecule has 164 valence electrons. The van der Waals surface area contributed by atoms with Gasteiger partial charge in [-0.05, 0) is 30.7 Å². The minimum atomic E-state index is -4.70. The van der Waals surface area contributed by atoms with Crippen LogP contribution in [0.4, 0.5) is 18.9 Å². The maximum atomic E-state index is 14.1. The van der Waals surface area contributed by atoms with E-state index in [1.165, 1.54) is 36.5 Å². The van der Waals surface area contributed by atoms with Crippen LogP contribution in [0.2, 0.25) is 0 Å². The van der Waals surface area contributed by atoms with E-state index in [2.05, 4.69) is 4.98 Å². The molecule has 0 unspecified atom stereocenters. The van der Waals surface area contributed by atoms with Gasteiger partial charge in [-0.25, -0.2) is 4.98 Å². The van der Waals surface area contributed by atoms with E-state index < -0.39 is 18.8 Å². The Balaban J connectivity index is 0.00000341. The lowest BCUT2D eigenvalue weighted by molar-refractivity contribution is -0.130. The van der Waals surface area contributed by atoms with Gasteiger partial charge in [0, 0.05) is 22.9 Å². The molecular formula is C22H21ClF3N3O2. The van der Waals surface area contributed by atoms with Gasteiger partial charge >= 0.3 is 6.30 Å². The third kappa shape index (κ3) is 5.46. The number of ether oxygens (including phenoxy) is 1. The predicted octanol–water partition coefficient (Wildman–Crippen LogP) is 5.19. The first-order chi connectivity index (χ1) is 14.3. The summed E-state index contributed by atoms with van der Waals surface area (Å²) < 4.78 is 47.8. The van der Waals surface area contributed by atoms with Gasteiger partial charge < -0.3 is 10.5 Å². The van der Waals surface area contributed by atoms with Crippen molar-refractivity contribution in [2.75, 3.05) is 11.5 Å². The van der Waals surface area contributed by atoms with Gasteiger partial charge in [0.2, 0.25) is 11.8 Å². The van der Waals surface area contributed by atoms with Crippen LogP contribution in [0.1, 0.15) is 22.8 Å². The minimum Gasteiger partial charge on any atom is -0.478 e. The van der Waals surface area contributed by atoms with Gasteiger partial charge in [0.1, 0.15) is 0 Å². The van der Waals surface area contributed by atoms with E-state index in [0.717, 1.165) is 0 Å². The van der Waals surface area contributed by atoms with Crippen LogP contribution in [0, 0.1) is 0 Å². The first kappa shape index (κ1) is 24.0. The second-order valence-corrected chi connectivity index (χ2v) is 6.38. The molecule has 0 atom stereocenters. The van der Waals surface area contributed by atoms with Crippen LogP contribution < -0.4 is 15.4 Å². The molecule has 0 spiro atoms. The first-order valence-corrected chi connectivity index (χ1v) is 9.22. The summed E-state index contributed by atoms with van der Waals surface area (Å²) in [5.74, 6) is -0.575. The van der Waals surface area contributed by atoms with Crippen molar-refractivity contribution in [2.24, 2.45) is 5.73 Å². The Morgan fingerprint density at radius 2 is 1.68 bits per heavy atom. The standard InChI is InChI=1S/C22H20F3N3O2.ClH/c1-2-30-21-15(8-7-13-27-21)14-28(22(23,24)25)19-12-6-5-10-17(19)16-9-3-4-11-18(16)20(26)29;/h3-13H,2,14H2,1H3,(H2,26,29);1H. The molecule has 5 nitrogen and oxygen atoms in total. The summed E-state index contributed by atoms with van der Waals surface area (Å²) in [5.41, 5.74) is 6.33. The van der Waals surface area contributed by atoms with Gasteiger partial charge in [0.05, 0.1) is 18.8 Å². The SMILES string of the molecule is CCOc1ncccc1CN(c1ccccc1-c1ccccc1C(N)=O)C(F)(F)F.Cl. The summed E-state index contributed by atoms with van der Waals surface area (Å²) in [5, 5.41) is 0. The molecule has 0 bridgehead atoms. The highest BCUT2D eigenvalue weighted by molar-refractivity contribution is 6.01. The molecule has 3 rings (SSSR count). The topological polar surface area (TPSA) is 68.4 Å². The van der Waals surface area contributed by atoms with Crippen molar-refractivity contribution in [3.05, 3.63) is 78.0 Å². The number of nitrogens with two attached hydrogens (primary N) is 1. The Kier molecular flexibility index (Phi) is 7.88. The summed E-state index contributed by atoms with van der Waals surface area (Å²) in [6, 6.07) is 15.4. The number of pyridine rings is 1. The Bertz CT molecular complexity index is 1040. The molecule has 0 fully saturated rings. The van der Waals surface area contributed by atoms with E-state index >= 15 is 0 Å². The maximum absolute atomic E-state index is 14.1. The molecule has 2 aromatic carbocycles. The molecule has 1 amide bonds. The maximum Gasteiger partial charge on any atom is 0.485 e. The largest absolute Gasteiger partial charge is 0.485 e. The van der Waals surface area contributed by atoms with Crippen molar-refractivity contribution >= 4 is 24.0 Å². The summed E-state index contributed by atoms with van der Waals surface area (Å²) in [4.78, 5) is 16.2. The zero-order chi connectivity index (χ0) is 21.7. The lowest BCUT2D eigenvalue weighted by Gasteiger charge is -2.29. The fourth-order valence-corrected chi connectivity index (χ4v) is 3.16. The third-order valence-corrected chi connectivity index (χ3v) is 4.44. The molecule has 3 aromatic rings. The quantitative estimate of drug-likeness (QED) is 0.502. The number of rotatable bonds is 7. The third-order valence-electron chi connectivity index (χ3n) is 4.44. The Morgan fingerprint density at radius 1 is 1.03 bits per heavy atom. The molecule has 0 aliphatic heterocycles. The van der Waals surface area contributed by atoms with E-state index in [1.54, 1.807) is 37.3 Å². The number of hydrogen-bond acceptors (Lipinski definition) is 4. The van der Waals surface area contributed by atoms with Crippen molar-refractivity contribution in [3.63, 3.8) is 0 Å². The van der Waals surface area contributed by atoms with Gasteiger partial charge in [-0.3, -0.25) is 9.69 Å². The highest BCUT2D eigenvalue weighted by Gasteiger charge is 2.39. The smallest absolute Gasteiger partial charge is 0.478 e. The summed E-state index contributed by atoms with van der Waals surface area (Å²) in [7, 11) is 0. The average molecular weight is 452 g/mol. The van der Waals surface area contributed by atoms with Crippen LogP contribution in [0.3, 0.4) is 0 Å². The summed E-state index contributed by atoms with van der Waals surface area (Å²) in [6.07, 6.45) is -3.24. The second kappa shape index (κ2) is 10.2. The lowest BCUT2D eigenvalue weighted by atomic mass is 9.97. The predicted molar refractivity (Wildman–Crippen MR) is 115 cm³/mol. The summed E-state index contributed by atoms with van der Waals surface area (Å²) >= 11 is 0. The number of alkyl halides is 3. The Hall–Kier alpha value is -3.26. The van der Waals surface area contributed by atoms with E-state index in [-0.39, 0.29) is 47.3 Å². The van der Waals surface area contributed by atoms with Crippen molar-refractivity contribution in [3.8, 4) is 17.0 Å². The van der Waals surface area contributed by atoms with Gasteiger partial charge in [-0.1, -0.05) is 42.5 Å². The van der Waals surface area contributed by atoms with Crippen LogP contribution in [0.25, 0.3) is 11.1 Å². The number of para-hydroxylation sites is 1. The van der Waals surface area contributed by atoms with Crippen molar-refractivity contribution in [2.45, 2.75) is 19.8 Å². The molecule has 1 heterocycles. The minimum absolute atomic E-state index is 0. The molecule has 2 N–H and O–H groups in total. The van der Waals surface area contributed by atoms with Crippen LogP contribution >= 0.6 is 12.4 Å². The zero-order valence-corrected chi connectivity index (χ0v) is 17.4. The van der Waals surface area contributed by atoms with Gasteiger partial charge in [-0.2, -0.15) is 13.2 Å². The number of carbonyl (C=O) groups excluding carboxylic acids is 1. The van der Waals surface area contributed by atoms with Crippen LogP contribution in [0.15, 0.2) is 66.9 Å². The molecule has 0 saturated heterocycles. The number of primary amides is 1. The van der Waals surface area contributed by atoms with Crippen molar-refractivity contribution in [1.29, 1.82) is 0 Å². The fourth-order valence-electron chi connectivity index (χ4n) is 3.16. The molecule has 0 aliphatic rings. The van der Waals surface area contributed by atoms with Gasteiger partial charge in [0.25, 0.3) is 0 Å². The Labute approximate surface area is 184 Å². The zero-order valence-electron chi connectivity index (χ0n) is 16.6. The lowest BCUT2D eigenvalue weighted by Crippen LogP contribution is -2.38. The van der Waals surface area contributed by atoms with Crippen molar-refractivity contribution < 1.29 is 22.7 Å². The first-order valence-electron chi connectivity index (χ1n) is 9.22. The number of hydrogen-bond donors (Lipinski definition) is 1.